The average molecular weight is 316 g/mol. The van der Waals surface area contributed by atoms with Crippen LogP contribution in [0.2, 0.25) is 0 Å². The van der Waals surface area contributed by atoms with Crippen molar-refractivity contribution in [2.75, 3.05) is 11.4 Å². The van der Waals surface area contributed by atoms with E-state index in [2.05, 4.69) is 15.6 Å². The van der Waals surface area contributed by atoms with Crippen LogP contribution in [0.3, 0.4) is 0 Å². The number of rotatable bonds is 4. The largest absolute Gasteiger partial charge is 0.335 e. The molecule has 1 saturated heterocycles. The first-order valence-corrected chi connectivity index (χ1v) is 8.43. The fourth-order valence-electron chi connectivity index (χ4n) is 3.24. The van der Waals surface area contributed by atoms with Crippen molar-refractivity contribution in [3.8, 4) is 0 Å². The van der Waals surface area contributed by atoms with Gasteiger partial charge in [0.05, 0.1) is 11.9 Å². The lowest BCUT2D eigenvalue weighted by Gasteiger charge is -2.34. The summed E-state index contributed by atoms with van der Waals surface area (Å²) in [5.41, 5.74) is 0.784. The predicted octanol–water partition coefficient (Wildman–Crippen LogP) is 2.06. The van der Waals surface area contributed by atoms with Crippen molar-refractivity contribution in [2.24, 2.45) is 5.92 Å². The molecule has 3 rings (SSSR count). The number of amides is 3. The Labute approximate surface area is 136 Å². The first-order chi connectivity index (χ1) is 11.1. The van der Waals surface area contributed by atoms with Crippen LogP contribution < -0.4 is 15.5 Å². The fourth-order valence-corrected chi connectivity index (χ4v) is 3.24. The van der Waals surface area contributed by atoms with E-state index in [1.54, 1.807) is 17.3 Å². The molecule has 1 aliphatic heterocycles. The van der Waals surface area contributed by atoms with Gasteiger partial charge in [-0.25, -0.2) is 4.79 Å². The molecule has 0 spiro atoms. The second-order valence-corrected chi connectivity index (χ2v) is 6.49. The number of urea groups is 1. The smallest absolute Gasteiger partial charge is 0.315 e. The van der Waals surface area contributed by atoms with Crippen LogP contribution in [-0.4, -0.2) is 35.6 Å². The molecule has 0 unspecified atom stereocenters. The number of anilines is 1. The predicted molar refractivity (Wildman–Crippen MR) is 88.1 cm³/mol. The maximum absolute atomic E-state index is 12.6. The standard InChI is InChI=1S/C17H24N4O2/c1-12(13-5-2-6-13)19-17(23)20-15-8-4-10-21(16(15)22)14-7-3-9-18-11-14/h3,7,9,11-13,15H,2,4-6,8,10H2,1H3,(H2,19,20,23)/t12-,15-/m0/s1. The molecule has 2 heterocycles. The number of hydrogen-bond donors (Lipinski definition) is 2. The quantitative estimate of drug-likeness (QED) is 0.893. The Balaban J connectivity index is 1.56. The highest BCUT2D eigenvalue weighted by atomic mass is 16.2. The summed E-state index contributed by atoms with van der Waals surface area (Å²) in [5, 5.41) is 5.81. The molecule has 0 radical (unpaired) electrons. The highest BCUT2D eigenvalue weighted by Gasteiger charge is 2.32. The maximum atomic E-state index is 12.6. The first kappa shape index (κ1) is 15.8. The van der Waals surface area contributed by atoms with E-state index in [4.69, 9.17) is 0 Å². The normalized spacial score (nSPS) is 23.1. The molecule has 124 valence electrons. The lowest BCUT2D eigenvalue weighted by molar-refractivity contribution is -0.121. The van der Waals surface area contributed by atoms with E-state index in [9.17, 15) is 9.59 Å². The Hall–Kier alpha value is -2.11. The van der Waals surface area contributed by atoms with E-state index in [1.165, 1.54) is 19.3 Å². The molecule has 2 fully saturated rings. The zero-order valence-electron chi connectivity index (χ0n) is 13.5. The van der Waals surface area contributed by atoms with Gasteiger partial charge in [-0.05, 0) is 50.7 Å². The van der Waals surface area contributed by atoms with Crippen molar-refractivity contribution in [1.29, 1.82) is 0 Å². The van der Waals surface area contributed by atoms with Gasteiger partial charge in [-0.1, -0.05) is 6.42 Å². The molecule has 2 N–H and O–H groups in total. The molecule has 23 heavy (non-hydrogen) atoms. The van der Waals surface area contributed by atoms with Gasteiger partial charge in [0, 0.05) is 18.8 Å². The molecule has 1 saturated carbocycles. The number of carbonyl (C=O) groups excluding carboxylic acids is 2. The summed E-state index contributed by atoms with van der Waals surface area (Å²) in [6, 6.07) is 3.14. The van der Waals surface area contributed by atoms with Gasteiger partial charge in [0.15, 0.2) is 0 Å². The number of nitrogens with zero attached hydrogens (tertiary/aromatic N) is 2. The molecule has 0 bridgehead atoms. The minimum Gasteiger partial charge on any atom is -0.335 e. The number of pyridine rings is 1. The highest BCUT2D eigenvalue weighted by molar-refractivity contribution is 5.99. The molecule has 2 aliphatic rings. The average Bonchev–Trinajstić information content (AvgIpc) is 2.48. The Morgan fingerprint density at radius 1 is 1.35 bits per heavy atom. The third kappa shape index (κ3) is 3.63. The number of piperidine rings is 1. The molecule has 6 nitrogen and oxygen atoms in total. The van der Waals surface area contributed by atoms with Gasteiger partial charge in [0.2, 0.25) is 5.91 Å². The van der Waals surface area contributed by atoms with Crippen LogP contribution in [0.15, 0.2) is 24.5 Å². The van der Waals surface area contributed by atoms with Crippen LogP contribution in [0.25, 0.3) is 0 Å². The molecule has 1 aliphatic carbocycles. The van der Waals surface area contributed by atoms with Crippen LogP contribution >= 0.6 is 0 Å². The SMILES string of the molecule is C[C@H](NC(=O)N[C@H]1CCCN(c2cccnc2)C1=O)C1CCC1. The summed E-state index contributed by atoms with van der Waals surface area (Å²) < 4.78 is 0. The van der Waals surface area contributed by atoms with Gasteiger partial charge in [-0.2, -0.15) is 0 Å². The molecule has 3 amide bonds. The van der Waals surface area contributed by atoms with E-state index in [0.717, 1.165) is 12.1 Å². The van der Waals surface area contributed by atoms with Gasteiger partial charge in [-0.3, -0.25) is 9.78 Å². The minimum atomic E-state index is -0.461. The summed E-state index contributed by atoms with van der Waals surface area (Å²) >= 11 is 0. The molecule has 1 aromatic heterocycles. The third-order valence-electron chi connectivity index (χ3n) is 4.92. The number of carbonyl (C=O) groups is 2. The Morgan fingerprint density at radius 2 is 2.17 bits per heavy atom. The minimum absolute atomic E-state index is 0.0595. The maximum Gasteiger partial charge on any atom is 0.315 e. The van der Waals surface area contributed by atoms with E-state index < -0.39 is 6.04 Å². The summed E-state index contributed by atoms with van der Waals surface area (Å²) in [6.07, 6.45) is 8.52. The monoisotopic (exact) mass is 316 g/mol. The van der Waals surface area contributed by atoms with Crippen molar-refractivity contribution < 1.29 is 9.59 Å². The molecular weight excluding hydrogens is 292 g/mol. The first-order valence-electron chi connectivity index (χ1n) is 8.43. The summed E-state index contributed by atoms with van der Waals surface area (Å²) in [6.45, 7) is 2.71. The summed E-state index contributed by atoms with van der Waals surface area (Å²) in [4.78, 5) is 30.5. The van der Waals surface area contributed by atoms with Crippen molar-refractivity contribution in [2.45, 2.75) is 51.1 Å². The van der Waals surface area contributed by atoms with Gasteiger partial charge >= 0.3 is 6.03 Å². The van der Waals surface area contributed by atoms with Crippen molar-refractivity contribution >= 4 is 17.6 Å². The lowest BCUT2D eigenvalue weighted by Crippen LogP contribution is -2.56. The third-order valence-corrected chi connectivity index (χ3v) is 4.92. The van der Waals surface area contributed by atoms with Crippen molar-refractivity contribution in [3.05, 3.63) is 24.5 Å². The lowest BCUT2D eigenvalue weighted by atomic mass is 9.80. The summed E-state index contributed by atoms with van der Waals surface area (Å²) in [5.74, 6) is 0.519. The van der Waals surface area contributed by atoms with Crippen LogP contribution in [0.4, 0.5) is 10.5 Å². The topological polar surface area (TPSA) is 74.3 Å². The zero-order chi connectivity index (χ0) is 16.2. The molecule has 0 aromatic carbocycles. The summed E-state index contributed by atoms with van der Waals surface area (Å²) in [7, 11) is 0. The van der Waals surface area contributed by atoms with Gasteiger partial charge in [0.1, 0.15) is 6.04 Å². The second-order valence-electron chi connectivity index (χ2n) is 6.49. The van der Waals surface area contributed by atoms with Crippen LogP contribution in [-0.2, 0) is 4.79 Å². The second kappa shape index (κ2) is 6.98. The van der Waals surface area contributed by atoms with Crippen LogP contribution in [0.1, 0.15) is 39.0 Å². The van der Waals surface area contributed by atoms with Gasteiger partial charge in [-0.15, -0.1) is 0 Å². The number of nitrogens with one attached hydrogen (secondary N) is 2. The van der Waals surface area contributed by atoms with Crippen LogP contribution in [0, 0.1) is 5.92 Å². The van der Waals surface area contributed by atoms with E-state index >= 15 is 0 Å². The van der Waals surface area contributed by atoms with Gasteiger partial charge < -0.3 is 15.5 Å². The fraction of sp³-hybridized carbons (Fsp3) is 0.588. The Morgan fingerprint density at radius 3 is 2.83 bits per heavy atom. The van der Waals surface area contributed by atoms with E-state index in [0.29, 0.717) is 18.9 Å². The highest BCUT2D eigenvalue weighted by Crippen LogP contribution is 2.29. The van der Waals surface area contributed by atoms with Crippen LogP contribution in [0.5, 0.6) is 0 Å². The van der Waals surface area contributed by atoms with E-state index in [-0.39, 0.29) is 18.0 Å². The Kier molecular flexibility index (Phi) is 4.79. The van der Waals surface area contributed by atoms with Crippen molar-refractivity contribution in [1.82, 2.24) is 15.6 Å². The van der Waals surface area contributed by atoms with E-state index in [1.807, 2.05) is 19.1 Å². The molecular formula is C17H24N4O2. The Bertz CT molecular complexity index is 559. The molecule has 6 heteroatoms. The van der Waals surface area contributed by atoms with Gasteiger partial charge in [0.25, 0.3) is 0 Å². The zero-order valence-corrected chi connectivity index (χ0v) is 13.5. The number of aromatic nitrogens is 1. The molecule has 1 aromatic rings. The van der Waals surface area contributed by atoms with Crippen molar-refractivity contribution in [3.63, 3.8) is 0 Å². The molecule has 2 atom stereocenters. The number of hydrogen-bond acceptors (Lipinski definition) is 3.